The third-order valence-corrected chi connectivity index (χ3v) is 3.95. The van der Waals surface area contributed by atoms with Crippen molar-refractivity contribution in [2.45, 2.75) is 37.9 Å². The zero-order valence-corrected chi connectivity index (χ0v) is 12.7. The van der Waals surface area contributed by atoms with E-state index in [0.717, 1.165) is 32.2 Å². The molecule has 0 saturated carbocycles. The second kappa shape index (κ2) is 8.19. The van der Waals surface area contributed by atoms with Crippen molar-refractivity contribution < 1.29 is 18.0 Å². The highest BCUT2D eigenvalue weighted by Gasteiger charge is 2.33. The second-order valence-corrected chi connectivity index (χ2v) is 5.75. The van der Waals surface area contributed by atoms with Crippen LogP contribution in [0.5, 0.6) is 0 Å². The van der Waals surface area contributed by atoms with Crippen molar-refractivity contribution in [1.29, 1.82) is 0 Å². The van der Waals surface area contributed by atoms with Crippen LogP contribution < -0.4 is 10.6 Å². The summed E-state index contributed by atoms with van der Waals surface area (Å²) < 4.78 is 37.1. The minimum Gasteiger partial charge on any atom is -0.354 e. The fourth-order valence-corrected chi connectivity index (χ4v) is 2.99. The van der Waals surface area contributed by atoms with Gasteiger partial charge in [0.05, 0.1) is 12.6 Å². The molecule has 4 nitrogen and oxygen atoms in total. The molecule has 1 amide bonds. The number of halogens is 4. The number of carbonyl (C=O) groups excluding carboxylic acids is 1. The van der Waals surface area contributed by atoms with Gasteiger partial charge in [0, 0.05) is 13.1 Å². The summed E-state index contributed by atoms with van der Waals surface area (Å²) >= 11 is 0. The van der Waals surface area contributed by atoms with Gasteiger partial charge in [-0.1, -0.05) is 0 Å². The van der Waals surface area contributed by atoms with Crippen molar-refractivity contribution in [2.75, 3.05) is 32.7 Å². The van der Waals surface area contributed by atoms with Crippen LogP contribution in [0, 0.1) is 5.92 Å². The molecule has 2 unspecified atom stereocenters. The SMILES string of the molecule is Cl.O=C(NCC1CCCN(CC(F)(F)F)C1)C1CCCN1. The molecule has 21 heavy (non-hydrogen) atoms. The van der Waals surface area contributed by atoms with Crippen LogP contribution in [0.4, 0.5) is 13.2 Å². The van der Waals surface area contributed by atoms with E-state index in [9.17, 15) is 18.0 Å². The van der Waals surface area contributed by atoms with Crippen molar-refractivity contribution in [2.24, 2.45) is 5.92 Å². The molecule has 0 aromatic carbocycles. The third kappa shape index (κ3) is 6.40. The lowest BCUT2D eigenvalue weighted by atomic mass is 9.98. The molecule has 2 saturated heterocycles. The van der Waals surface area contributed by atoms with E-state index in [4.69, 9.17) is 0 Å². The minimum atomic E-state index is -4.14. The lowest BCUT2D eigenvalue weighted by Crippen LogP contribution is -2.47. The molecule has 0 aromatic heterocycles. The van der Waals surface area contributed by atoms with Crippen LogP contribution in [0.1, 0.15) is 25.7 Å². The van der Waals surface area contributed by atoms with E-state index < -0.39 is 12.7 Å². The first-order valence-electron chi connectivity index (χ1n) is 7.24. The summed E-state index contributed by atoms with van der Waals surface area (Å²) in [4.78, 5) is 13.3. The normalized spacial score (nSPS) is 27.2. The molecule has 2 heterocycles. The quantitative estimate of drug-likeness (QED) is 0.822. The van der Waals surface area contributed by atoms with E-state index in [1.807, 2.05) is 0 Å². The van der Waals surface area contributed by atoms with Gasteiger partial charge in [0.2, 0.25) is 5.91 Å². The number of carbonyl (C=O) groups is 1. The Morgan fingerprint density at radius 1 is 1.29 bits per heavy atom. The summed E-state index contributed by atoms with van der Waals surface area (Å²) in [6, 6.07) is -0.120. The maximum atomic E-state index is 12.4. The number of rotatable bonds is 4. The topological polar surface area (TPSA) is 44.4 Å². The Morgan fingerprint density at radius 2 is 2.05 bits per heavy atom. The van der Waals surface area contributed by atoms with Gasteiger partial charge >= 0.3 is 6.18 Å². The van der Waals surface area contributed by atoms with Gasteiger partial charge in [-0.05, 0) is 44.7 Å². The molecule has 2 rings (SSSR count). The fourth-order valence-electron chi connectivity index (χ4n) is 2.99. The molecule has 2 N–H and O–H groups in total. The summed E-state index contributed by atoms with van der Waals surface area (Å²) in [5, 5.41) is 5.98. The first-order chi connectivity index (χ1) is 9.44. The molecule has 0 radical (unpaired) electrons. The third-order valence-electron chi connectivity index (χ3n) is 3.95. The number of piperidine rings is 1. The Labute approximate surface area is 129 Å². The molecular weight excluding hydrogens is 307 g/mol. The van der Waals surface area contributed by atoms with Crippen LogP contribution in [-0.2, 0) is 4.79 Å². The first-order valence-corrected chi connectivity index (χ1v) is 7.24. The molecule has 2 atom stereocenters. The molecular formula is C13H23ClF3N3O. The number of alkyl halides is 3. The van der Waals surface area contributed by atoms with E-state index >= 15 is 0 Å². The zero-order chi connectivity index (χ0) is 14.6. The lowest BCUT2D eigenvalue weighted by molar-refractivity contribution is -0.149. The Morgan fingerprint density at radius 3 is 2.67 bits per heavy atom. The summed E-state index contributed by atoms with van der Waals surface area (Å²) in [6.45, 7) is 1.40. The highest BCUT2D eigenvalue weighted by atomic mass is 35.5. The Bertz CT molecular complexity index is 335. The van der Waals surface area contributed by atoms with Gasteiger partial charge in [-0.15, -0.1) is 12.4 Å². The monoisotopic (exact) mass is 329 g/mol. The molecule has 0 aliphatic carbocycles. The molecule has 0 spiro atoms. The van der Waals surface area contributed by atoms with E-state index in [1.54, 1.807) is 0 Å². The summed E-state index contributed by atoms with van der Waals surface area (Å²) in [5.41, 5.74) is 0. The van der Waals surface area contributed by atoms with E-state index in [0.29, 0.717) is 19.6 Å². The molecule has 2 fully saturated rings. The van der Waals surface area contributed by atoms with E-state index in [2.05, 4.69) is 10.6 Å². The Kier molecular flexibility index (Phi) is 7.23. The minimum absolute atomic E-state index is 0. The molecule has 0 bridgehead atoms. The second-order valence-electron chi connectivity index (χ2n) is 5.75. The van der Waals surface area contributed by atoms with E-state index in [1.165, 1.54) is 4.90 Å². The maximum absolute atomic E-state index is 12.4. The maximum Gasteiger partial charge on any atom is 0.401 e. The fraction of sp³-hybridized carbons (Fsp3) is 0.923. The van der Waals surface area contributed by atoms with E-state index in [-0.39, 0.29) is 30.3 Å². The predicted octanol–water partition coefficient (Wildman–Crippen LogP) is 1.55. The number of hydrogen-bond acceptors (Lipinski definition) is 3. The summed E-state index contributed by atoms with van der Waals surface area (Å²) in [6.07, 6.45) is -0.651. The number of nitrogens with zero attached hydrogens (tertiary/aromatic N) is 1. The van der Waals surface area contributed by atoms with Crippen LogP contribution in [0.15, 0.2) is 0 Å². The van der Waals surface area contributed by atoms with Gasteiger partial charge in [0.15, 0.2) is 0 Å². The van der Waals surface area contributed by atoms with Crippen LogP contribution in [0.2, 0.25) is 0 Å². The van der Waals surface area contributed by atoms with Gasteiger partial charge in [-0.25, -0.2) is 0 Å². The van der Waals surface area contributed by atoms with Crippen LogP contribution in [0.3, 0.4) is 0 Å². The average Bonchev–Trinajstić information content (AvgIpc) is 2.88. The molecule has 2 aliphatic heterocycles. The van der Waals surface area contributed by atoms with Gasteiger partial charge in [-0.3, -0.25) is 9.69 Å². The van der Waals surface area contributed by atoms with Crippen molar-refractivity contribution in [1.82, 2.24) is 15.5 Å². The largest absolute Gasteiger partial charge is 0.401 e. The van der Waals surface area contributed by atoms with Gasteiger partial charge < -0.3 is 10.6 Å². The van der Waals surface area contributed by atoms with Gasteiger partial charge in [0.1, 0.15) is 0 Å². The smallest absolute Gasteiger partial charge is 0.354 e. The van der Waals surface area contributed by atoms with Crippen molar-refractivity contribution in [3.05, 3.63) is 0 Å². The van der Waals surface area contributed by atoms with Gasteiger partial charge in [0.25, 0.3) is 0 Å². The Balaban J connectivity index is 0.00000220. The summed E-state index contributed by atoms with van der Waals surface area (Å²) in [7, 11) is 0. The van der Waals surface area contributed by atoms with Crippen molar-refractivity contribution in [3.63, 3.8) is 0 Å². The molecule has 2 aliphatic rings. The molecule has 0 aromatic rings. The summed E-state index contributed by atoms with van der Waals surface area (Å²) in [5.74, 6) is 0.104. The van der Waals surface area contributed by atoms with Crippen molar-refractivity contribution >= 4 is 18.3 Å². The number of nitrogens with one attached hydrogen (secondary N) is 2. The number of likely N-dealkylation sites (tertiary alicyclic amines) is 1. The van der Waals surface area contributed by atoms with Crippen LogP contribution in [0.25, 0.3) is 0 Å². The standard InChI is InChI=1S/C13H22F3N3O.ClH/c14-13(15,16)9-19-6-2-3-10(8-19)7-18-12(20)11-4-1-5-17-11;/h10-11,17H,1-9H2,(H,18,20);1H. The number of amides is 1. The van der Waals surface area contributed by atoms with Crippen LogP contribution >= 0.6 is 12.4 Å². The average molecular weight is 330 g/mol. The highest BCUT2D eigenvalue weighted by Crippen LogP contribution is 2.22. The van der Waals surface area contributed by atoms with Crippen molar-refractivity contribution in [3.8, 4) is 0 Å². The predicted molar refractivity (Wildman–Crippen MR) is 76.5 cm³/mol. The zero-order valence-electron chi connectivity index (χ0n) is 11.9. The van der Waals surface area contributed by atoms with Crippen LogP contribution in [-0.4, -0.2) is 55.7 Å². The highest BCUT2D eigenvalue weighted by molar-refractivity contribution is 5.85. The lowest BCUT2D eigenvalue weighted by Gasteiger charge is -2.33. The first kappa shape index (κ1) is 18.5. The molecule has 8 heteroatoms. The number of hydrogen-bond donors (Lipinski definition) is 2. The Hall–Kier alpha value is -0.530. The van der Waals surface area contributed by atoms with Gasteiger partial charge in [-0.2, -0.15) is 13.2 Å². The molecule has 124 valence electrons.